The van der Waals surface area contributed by atoms with E-state index in [0.717, 1.165) is 36.5 Å². The van der Waals surface area contributed by atoms with Gasteiger partial charge < -0.3 is 15.0 Å². The number of rotatable bonds is 5. The summed E-state index contributed by atoms with van der Waals surface area (Å²) in [6.07, 6.45) is 3.92. The molecule has 0 spiro atoms. The summed E-state index contributed by atoms with van der Waals surface area (Å²) in [6.45, 7) is 1.51. The number of methoxy groups -OCH3 is 1. The molecule has 6 nitrogen and oxygen atoms in total. The molecule has 0 saturated heterocycles. The highest BCUT2D eigenvalue weighted by molar-refractivity contribution is 5.65. The monoisotopic (exact) mass is 347 g/mol. The normalized spacial score (nSPS) is 13.2. The van der Waals surface area contributed by atoms with Crippen LogP contribution in [0.3, 0.4) is 0 Å². The topological polar surface area (TPSA) is 63.2 Å². The average molecular weight is 347 g/mol. The second-order valence-electron chi connectivity index (χ2n) is 6.19. The van der Waals surface area contributed by atoms with Crippen LogP contribution in [0.2, 0.25) is 0 Å². The van der Waals surface area contributed by atoms with E-state index in [4.69, 9.17) is 4.74 Å². The molecule has 0 radical (unpaired) electrons. The van der Waals surface area contributed by atoms with E-state index in [1.54, 1.807) is 13.3 Å². The van der Waals surface area contributed by atoms with Gasteiger partial charge >= 0.3 is 0 Å². The van der Waals surface area contributed by atoms with Crippen molar-refractivity contribution in [3.8, 4) is 5.75 Å². The number of benzene rings is 2. The van der Waals surface area contributed by atoms with Gasteiger partial charge in [0.2, 0.25) is 5.95 Å². The van der Waals surface area contributed by atoms with Crippen LogP contribution < -0.4 is 15.0 Å². The van der Waals surface area contributed by atoms with Gasteiger partial charge in [-0.15, -0.1) is 5.10 Å². The van der Waals surface area contributed by atoms with E-state index < -0.39 is 0 Å². The van der Waals surface area contributed by atoms with Crippen molar-refractivity contribution in [2.75, 3.05) is 23.9 Å². The van der Waals surface area contributed by atoms with Gasteiger partial charge in [-0.3, -0.25) is 0 Å². The number of fused-ring (bicyclic) bond motifs is 1. The highest BCUT2D eigenvalue weighted by atomic mass is 16.5. The zero-order valence-electron chi connectivity index (χ0n) is 14.7. The van der Waals surface area contributed by atoms with Crippen LogP contribution in [0.1, 0.15) is 17.5 Å². The van der Waals surface area contributed by atoms with E-state index in [9.17, 15) is 0 Å². The van der Waals surface area contributed by atoms with Crippen LogP contribution >= 0.6 is 0 Å². The summed E-state index contributed by atoms with van der Waals surface area (Å²) in [7, 11) is 1.67. The molecule has 2 aromatic carbocycles. The Labute approximate surface area is 152 Å². The minimum absolute atomic E-state index is 0.511. The van der Waals surface area contributed by atoms with Crippen LogP contribution in [-0.2, 0) is 13.0 Å². The molecular weight excluding hydrogens is 326 g/mol. The molecule has 0 bridgehead atoms. The van der Waals surface area contributed by atoms with Crippen molar-refractivity contribution in [1.82, 2.24) is 15.2 Å². The molecule has 1 aliphatic rings. The van der Waals surface area contributed by atoms with Crippen LogP contribution in [-0.4, -0.2) is 28.8 Å². The minimum Gasteiger partial charge on any atom is -0.496 e. The number of para-hydroxylation sites is 2. The Bertz CT molecular complexity index is 899. The standard InChI is InChI=1S/C20H21N5O/c1-26-18-11-5-3-8-16(18)13-21-20-23-19(14-22-24-20)25-12-6-9-15-7-2-4-10-17(15)25/h2-5,7-8,10-11,14H,6,9,12-13H2,1H3,(H,21,23,24). The molecular formula is C20H21N5O. The molecule has 132 valence electrons. The van der Waals surface area contributed by atoms with E-state index >= 15 is 0 Å². The first kappa shape index (κ1) is 16.3. The third-order valence-electron chi connectivity index (χ3n) is 4.56. The largest absolute Gasteiger partial charge is 0.496 e. The van der Waals surface area contributed by atoms with E-state index in [0.29, 0.717) is 12.5 Å². The summed E-state index contributed by atoms with van der Waals surface area (Å²) in [6, 6.07) is 16.4. The summed E-state index contributed by atoms with van der Waals surface area (Å²) in [5, 5.41) is 11.5. The molecule has 26 heavy (non-hydrogen) atoms. The number of anilines is 3. The van der Waals surface area contributed by atoms with Crippen molar-refractivity contribution in [3.05, 3.63) is 65.9 Å². The van der Waals surface area contributed by atoms with Gasteiger partial charge in [0.05, 0.1) is 13.3 Å². The van der Waals surface area contributed by atoms with Gasteiger partial charge in [0, 0.05) is 24.3 Å². The molecule has 1 N–H and O–H groups in total. The first-order valence-corrected chi connectivity index (χ1v) is 8.76. The number of ether oxygens (including phenoxy) is 1. The Morgan fingerprint density at radius 2 is 1.96 bits per heavy atom. The lowest BCUT2D eigenvalue weighted by Crippen LogP contribution is -2.25. The van der Waals surface area contributed by atoms with Crippen molar-refractivity contribution in [2.24, 2.45) is 0 Å². The molecule has 1 aromatic heterocycles. The summed E-state index contributed by atoms with van der Waals surface area (Å²) < 4.78 is 5.39. The van der Waals surface area contributed by atoms with Gasteiger partial charge in [-0.25, -0.2) is 0 Å². The van der Waals surface area contributed by atoms with Crippen molar-refractivity contribution in [3.63, 3.8) is 0 Å². The summed E-state index contributed by atoms with van der Waals surface area (Å²) in [5.41, 5.74) is 3.60. The van der Waals surface area contributed by atoms with Gasteiger partial charge in [-0.1, -0.05) is 36.4 Å². The fraction of sp³-hybridized carbons (Fsp3) is 0.250. The van der Waals surface area contributed by atoms with Crippen LogP contribution in [0.4, 0.5) is 17.5 Å². The van der Waals surface area contributed by atoms with E-state index in [-0.39, 0.29) is 0 Å². The van der Waals surface area contributed by atoms with Gasteiger partial charge in [0.25, 0.3) is 0 Å². The van der Waals surface area contributed by atoms with E-state index in [2.05, 4.69) is 49.7 Å². The van der Waals surface area contributed by atoms with Crippen LogP contribution in [0.25, 0.3) is 0 Å². The van der Waals surface area contributed by atoms with E-state index in [1.165, 1.54) is 11.3 Å². The number of nitrogens with zero attached hydrogens (tertiary/aromatic N) is 4. The Morgan fingerprint density at radius 1 is 1.12 bits per heavy atom. The minimum atomic E-state index is 0.511. The predicted molar refractivity (Wildman–Crippen MR) is 102 cm³/mol. The van der Waals surface area contributed by atoms with Crippen LogP contribution in [0, 0.1) is 0 Å². The number of hydrogen-bond donors (Lipinski definition) is 1. The van der Waals surface area contributed by atoms with Crippen molar-refractivity contribution in [1.29, 1.82) is 0 Å². The molecule has 2 heterocycles. The molecule has 0 atom stereocenters. The first-order valence-electron chi connectivity index (χ1n) is 8.76. The van der Waals surface area contributed by atoms with Crippen LogP contribution in [0.15, 0.2) is 54.7 Å². The molecule has 0 fully saturated rings. The Hall–Kier alpha value is -3.15. The summed E-state index contributed by atoms with van der Waals surface area (Å²) in [5.74, 6) is 2.17. The summed E-state index contributed by atoms with van der Waals surface area (Å²) in [4.78, 5) is 6.88. The smallest absolute Gasteiger partial charge is 0.244 e. The molecule has 4 rings (SSSR count). The quantitative estimate of drug-likeness (QED) is 0.761. The Balaban J connectivity index is 1.54. The Kier molecular flexibility index (Phi) is 4.64. The molecule has 0 unspecified atom stereocenters. The van der Waals surface area contributed by atoms with Gasteiger partial charge in [-0.05, 0) is 30.5 Å². The highest BCUT2D eigenvalue weighted by Crippen LogP contribution is 2.32. The zero-order valence-corrected chi connectivity index (χ0v) is 14.7. The molecule has 0 saturated carbocycles. The molecule has 6 heteroatoms. The Morgan fingerprint density at radius 3 is 2.88 bits per heavy atom. The van der Waals surface area contributed by atoms with Crippen molar-refractivity contribution in [2.45, 2.75) is 19.4 Å². The lowest BCUT2D eigenvalue weighted by molar-refractivity contribution is 0.410. The average Bonchev–Trinajstić information content (AvgIpc) is 2.72. The number of hydrogen-bond acceptors (Lipinski definition) is 6. The number of aromatic nitrogens is 3. The maximum atomic E-state index is 5.39. The third kappa shape index (κ3) is 3.31. The SMILES string of the molecule is COc1ccccc1CNc1nncc(N2CCCc3ccccc32)n1. The second-order valence-corrected chi connectivity index (χ2v) is 6.19. The third-order valence-corrected chi connectivity index (χ3v) is 4.56. The fourth-order valence-corrected chi connectivity index (χ4v) is 3.29. The molecule has 0 amide bonds. The maximum absolute atomic E-state index is 5.39. The molecule has 0 aliphatic carbocycles. The fourth-order valence-electron chi connectivity index (χ4n) is 3.29. The van der Waals surface area contributed by atoms with Crippen molar-refractivity contribution >= 4 is 17.5 Å². The number of aryl methyl sites for hydroxylation is 1. The number of nitrogens with one attached hydrogen (secondary N) is 1. The predicted octanol–water partition coefficient (Wildman–Crippen LogP) is 3.58. The van der Waals surface area contributed by atoms with Gasteiger partial charge in [0.15, 0.2) is 5.82 Å². The maximum Gasteiger partial charge on any atom is 0.244 e. The zero-order chi connectivity index (χ0) is 17.8. The molecule has 1 aliphatic heterocycles. The second kappa shape index (κ2) is 7.39. The van der Waals surface area contributed by atoms with Crippen LogP contribution in [0.5, 0.6) is 5.75 Å². The summed E-state index contributed by atoms with van der Waals surface area (Å²) >= 11 is 0. The lowest BCUT2D eigenvalue weighted by Gasteiger charge is -2.30. The molecule has 3 aromatic rings. The first-order chi connectivity index (χ1) is 12.8. The van der Waals surface area contributed by atoms with E-state index in [1.807, 2.05) is 24.3 Å². The van der Waals surface area contributed by atoms with Crippen molar-refractivity contribution < 1.29 is 4.74 Å². The van der Waals surface area contributed by atoms with Gasteiger partial charge in [-0.2, -0.15) is 10.1 Å². The van der Waals surface area contributed by atoms with Gasteiger partial charge in [0.1, 0.15) is 5.75 Å². The highest BCUT2D eigenvalue weighted by Gasteiger charge is 2.19. The lowest BCUT2D eigenvalue weighted by atomic mass is 10.0.